The fraction of sp³-hybridized carbons (Fsp3) is 0.211. The van der Waals surface area contributed by atoms with E-state index in [9.17, 15) is 4.79 Å². The van der Waals surface area contributed by atoms with Crippen LogP contribution in [0, 0.1) is 6.92 Å². The van der Waals surface area contributed by atoms with Crippen LogP contribution in [-0.4, -0.2) is 21.9 Å². The molecular formula is C19H16Cl3N3O3S. The zero-order valence-corrected chi connectivity index (χ0v) is 18.5. The number of carbonyl (C=O) groups excluding carboxylic acids is 1. The Morgan fingerprint density at radius 3 is 2.76 bits per heavy atom. The number of thioether (sulfide) groups is 1. The van der Waals surface area contributed by atoms with E-state index >= 15 is 0 Å². The number of anilines is 1. The summed E-state index contributed by atoms with van der Waals surface area (Å²) in [6, 6.07) is 10.2. The molecule has 0 aliphatic rings. The molecule has 0 saturated carbocycles. The Balaban J connectivity index is 1.55. The number of benzene rings is 2. The summed E-state index contributed by atoms with van der Waals surface area (Å²) in [4.78, 5) is 12.2. The first-order valence-electron chi connectivity index (χ1n) is 8.46. The Labute approximate surface area is 186 Å². The molecule has 0 radical (unpaired) electrons. The van der Waals surface area contributed by atoms with Gasteiger partial charge in [0.2, 0.25) is 5.91 Å². The third kappa shape index (κ3) is 5.79. The van der Waals surface area contributed by atoms with Crippen molar-refractivity contribution in [3.8, 4) is 5.75 Å². The maximum atomic E-state index is 12.2. The summed E-state index contributed by atoms with van der Waals surface area (Å²) in [6.07, 6.45) is -0.529. The number of ether oxygens (including phenoxy) is 1. The van der Waals surface area contributed by atoms with Crippen LogP contribution in [0.15, 0.2) is 46.0 Å². The van der Waals surface area contributed by atoms with Crippen LogP contribution in [0.5, 0.6) is 5.75 Å². The third-order valence-corrected chi connectivity index (χ3v) is 5.59. The molecule has 0 unspecified atom stereocenters. The van der Waals surface area contributed by atoms with Gasteiger partial charge >= 0.3 is 0 Å². The van der Waals surface area contributed by atoms with Crippen molar-refractivity contribution in [2.75, 3.05) is 11.1 Å². The van der Waals surface area contributed by atoms with Crippen molar-refractivity contribution in [2.45, 2.75) is 25.2 Å². The smallest absolute Gasteiger partial charge is 0.277 e. The Bertz CT molecular complexity index is 1030. The summed E-state index contributed by atoms with van der Waals surface area (Å²) < 4.78 is 11.3. The Morgan fingerprint density at radius 1 is 1.21 bits per heavy atom. The monoisotopic (exact) mass is 471 g/mol. The molecule has 1 N–H and O–H groups in total. The molecule has 1 heterocycles. The molecule has 152 valence electrons. The Kier molecular flexibility index (Phi) is 7.29. The van der Waals surface area contributed by atoms with Gasteiger partial charge in [-0.25, -0.2) is 0 Å². The first-order chi connectivity index (χ1) is 13.8. The molecule has 0 aliphatic carbocycles. The maximum absolute atomic E-state index is 12.2. The predicted octanol–water partition coefficient (Wildman–Crippen LogP) is 6.21. The van der Waals surface area contributed by atoms with Crippen molar-refractivity contribution < 1.29 is 13.9 Å². The van der Waals surface area contributed by atoms with Gasteiger partial charge < -0.3 is 14.5 Å². The van der Waals surface area contributed by atoms with E-state index in [1.807, 2.05) is 6.92 Å². The van der Waals surface area contributed by atoms with Gasteiger partial charge in [-0.1, -0.05) is 52.6 Å². The van der Waals surface area contributed by atoms with E-state index in [4.69, 9.17) is 44.0 Å². The van der Waals surface area contributed by atoms with E-state index in [2.05, 4.69) is 15.5 Å². The molecular weight excluding hydrogens is 457 g/mol. The summed E-state index contributed by atoms with van der Waals surface area (Å²) in [5.41, 5.74) is 1.47. The van der Waals surface area contributed by atoms with E-state index in [1.54, 1.807) is 43.3 Å². The fourth-order valence-corrected chi connectivity index (χ4v) is 3.51. The molecule has 3 aromatic rings. The second-order valence-corrected chi connectivity index (χ2v) is 8.17. The number of nitrogens with one attached hydrogen (secondary N) is 1. The molecule has 10 heteroatoms. The van der Waals surface area contributed by atoms with Crippen molar-refractivity contribution in [2.24, 2.45) is 0 Å². The molecule has 0 aliphatic heterocycles. The summed E-state index contributed by atoms with van der Waals surface area (Å²) in [5, 5.41) is 12.5. The highest BCUT2D eigenvalue weighted by atomic mass is 35.5. The molecule has 0 spiro atoms. The van der Waals surface area contributed by atoms with E-state index in [-0.39, 0.29) is 22.8 Å². The Morgan fingerprint density at radius 2 is 2.00 bits per heavy atom. The van der Waals surface area contributed by atoms with Gasteiger partial charge in [-0.15, -0.1) is 10.2 Å². The number of amides is 1. The standard InChI is InChI=1S/C19H16Cl3N3O3S/c1-10-13(21)4-3-5-15(10)23-17(26)9-29-19-25-24-18(28-19)11(2)27-16-7-6-12(20)8-14(16)22/h3-8,11H,9H2,1-2H3,(H,23,26)/t11-/m1/s1. The fourth-order valence-electron chi connectivity index (χ4n) is 2.31. The van der Waals surface area contributed by atoms with E-state index in [1.165, 1.54) is 0 Å². The molecule has 0 saturated heterocycles. The molecule has 1 aromatic heterocycles. The molecule has 1 atom stereocenters. The number of nitrogens with zero attached hydrogens (tertiary/aromatic N) is 2. The molecule has 1 amide bonds. The van der Waals surface area contributed by atoms with Gasteiger partial charge in [0.25, 0.3) is 11.1 Å². The van der Waals surface area contributed by atoms with Crippen LogP contribution in [0.3, 0.4) is 0 Å². The summed E-state index contributed by atoms with van der Waals surface area (Å²) in [5.74, 6) is 0.612. The number of carbonyl (C=O) groups is 1. The van der Waals surface area contributed by atoms with Gasteiger partial charge in [-0.3, -0.25) is 4.79 Å². The minimum atomic E-state index is -0.529. The largest absolute Gasteiger partial charge is 0.479 e. The number of halogens is 3. The zero-order chi connectivity index (χ0) is 21.0. The normalized spacial score (nSPS) is 11.9. The van der Waals surface area contributed by atoms with Crippen LogP contribution in [0.2, 0.25) is 15.1 Å². The van der Waals surface area contributed by atoms with Crippen LogP contribution in [0.25, 0.3) is 0 Å². The minimum Gasteiger partial charge on any atom is -0.479 e. The molecule has 0 fully saturated rings. The van der Waals surface area contributed by atoms with Crippen molar-refractivity contribution in [3.05, 3.63) is 62.9 Å². The van der Waals surface area contributed by atoms with Crippen molar-refractivity contribution >= 4 is 58.2 Å². The summed E-state index contributed by atoms with van der Waals surface area (Å²) >= 11 is 19.2. The summed E-state index contributed by atoms with van der Waals surface area (Å²) in [6.45, 7) is 3.59. The van der Waals surface area contributed by atoms with Crippen LogP contribution in [-0.2, 0) is 4.79 Å². The first-order valence-corrected chi connectivity index (χ1v) is 10.6. The highest BCUT2D eigenvalue weighted by molar-refractivity contribution is 7.99. The van der Waals surface area contributed by atoms with Gasteiger partial charge in [0, 0.05) is 15.7 Å². The number of rotatable bonds is 7. The molecule has 29 heavy (non-hydrogen) atoms. The lowest BCUT2D eigenvalue weighted by atomic mass is 10.2. The SMILES string of the molecule is Cc1c(Cl)cccc1NC(=O)CSc1nnc([C@@H](C)Oc2ccc(Cl)cc2Cl)o1. The quantitative estimate of drug-likeness (QED) is 0.412. The highest BCUT2D eigenvalue weighted by Gasteiger charge is 2.18. The van der Waals surface area contributed by atoms with Gasteiger partial charge in [-0.2, -0.15) is 0 Å². The highest BCUT2D eigenvalue weighted by Crippen LogP contribution is 2.31. The van der Waals surface area contributed by atoms with Gasteiger partial charge in [-0.05, 0) is 49.7 Å². The first kappa shape index (κ1) is 21.8. The topological polar surface area (TPSA) is 77.2 Å². The third-order valence-electron chi connectivity index (χ3n) is 3.84. The lowest BCUT2D eigenvalue weighted by Gasteiger charge is -2.12. The van der Waals surface area contributed by atoms with E-state index in [0.29, 0.717) is 26.5 Å². The van der Waals surface area contributed by atoms with Crippen molar-refractivity contribution in [3.63, 3.8) is 0 Å². The van der Waals surface area contributed by atoms with Crippen LogP contribution in [0.1, 0.15) is 24.5 Å². The van der Waals surface area contributed by atoms with Crippen molar-refractivity contribution in [1.82, 2.24) is 10.2 Å². The van der Waals surface area contributed by atoms with E-state index < -0.39 is 6.10 Å². The average Bonchev–Trinajstić information content (AvgIpc) is 3.15. The Hall–Kier alpha value is -1.93. The van der Waals surface area contributed by atoms with Gasteiger partial charge in [0.1, 0.15) is 5.75 Å². The lowest BCUT2D eigenvalue weighted by molar-refractivity contribution is -0.113. The second kappa shape index (κ2) is 9.71. The minimum absolute atomic E-state index is 0.103. The van der Waals surface area contributed by atoms with Crippen LogP contribution in [0.4, 0.5) is 5.69 Å². The predicted molar refractivity (Wildman–Crippen MR) is 115 cm³/mol. The van der Waals surface area contributed by atoms with Crippen molar-refractivity contribution in [1.29, 1.82) is 0 Å². The maximum Gasteiger partial charge on any atom is 0.277 e. The van der Waals surface area contributed by atoms with E-state index in [0.717, 1.165) is 17.3 Å². The van der Waals surface area contributed by atoms with Gasteiger partial charge in [0.05, 0.1) is 10.8 Å². The molecule has 2 aromatic carbocycles. The molecule has 6 nitrogen and oxygen atoms in total. The lowest BCUT2D eigenvalue weighted by Crippen LogP contribution is -2.14. The molecule has 3 rings (SSSR count). The van der Waals surface area contributed by atoms with Gasteiger partial charge in [0.15, 0.2) is 6.10 Å². The average molecular weight is 473 g/mol. The number of hydrogen-bond acceptors (Lipinski definition) is 6. The number of hydrogen-bond donors (Lipinski definition) is 1. The second-order valence-electron chi connectivity index (χ2n) is 5.99. The number of aromatic nitrogens is 2. The van der Waals surface area contributed by atoms with Crippen LogP contribution >= 0.6 is 46.6 Å². The van der Waals surface area contributed by atoms with Crippen LogP contribution < -0.4 is 10.1 Å². The zero-order valence-electron chi connectivity index (χ0n) is 15.4. The summed E-state index contributed by atoms with van der Waals surface area (Å²) in [7, 11) is 0. The molecule has 0 bridgehead atoms.